The van der Waals surface area contributed by atoms with Crippen LogP contribution >= 0.6 is 11.8 Å². The van der Waals surface area contributed by atoms with Crippen LogP contribution in [0.2, 0.25) is 0 Å². The molecule has 0 spiro atoms. The van der Waals surface area contributed by atoms with Crippen LogP contribution in [0.3, 0.4) is 0 Å². The van der Waals surface area contributed by atoms with Gasteiger partial charge in [-0.3, -0.25) is 4.79 Å². The molecule has 1 heterocycles. The molecular formula is C18H25NO5S. The minimum absolute atomic E-state index is 0.368. The smallest absolute Gasteiger partial charge is 0.330 e. The van der Waals surface area contributed by atoms with Crippen LogP contribution in [0, 0.1) is 0 Å². The number of amides is 1. The van der Waals surface area contributed by atoms with Gasteiger partial charge in [-0.25, -0.2) is 4.79 Å². The Balaban J connectivity index is 2.19. The zero-order valence-corrected chi connectivity index (χ0v) is 15.5. The van der Waals surface area contributed by atoms with Crippen LogP contribution in [0.4, 0.5) is 0 Å². The molecule has 1 amide bonds. The first-order valence-electron chi connectivity index (χ1n) is 8.55. The van der Waals surface area contributed by atoms with E-state index in [1.165, 1.54) is 11.8 Å². The van der Waals surface area contributed by atoms with Crippen LogP contribution in [0.15, 0.2) is 18.2 Å². The molecule has 1 unspecified atom stereocenters. The molecule has 25 heavy (non-hydrogen) atoms. The van der Waals surface area contributed by atoms with Crippen molar-refractivity contribution in [2.24, 2.45) is 0 Å². The Kier molecular flexibility index (Phi) is 6.99. The molecule has 0 radical (unpaired) electrons. The zero-order chi connectivity index (χ0) is 18.3. The topological polar surface area (TPSA) is 84.9 Å². The van der Waals surface area contributed by atoms with E-state index in [1.54, 1.807) is 18.2 Å². The van der Waals surface area contributed by atoms with Crippen molar-refractivity contribution in [3.63, 3.8) is 0 Å². The van der Waals surface area contributed by atoms with Gasteiger partial charge in [0.2, 0.25) is 0 Å². The van der Waals surface area contributed by atoms with Crippen molar-refractivity contribution >= 4 is 23.6 Å². The molecular weight excluding hydrogens is 342 g/mol. The van der Waals surface area contributed by atoms with Crippen molar-refractivity contribution in [3.05, 3.63) is 23.8 Å². The number of thioether (sulfide) groups is 1. The fourth-order valence-corrected chi connectivity index (χ4v) is 3.81. The summed E-state index contributed by atoms with van der Waals surface area (Å²) in [6, 6.07) is 4.96. The molecule has 6 nitrogen and oxygen atoms in total. The Morgan fingerprint density at radius 1 is 1.20 bits per heavy atom. The van der Waals surface area contributed by atoms with Crippen molar-refractivity contribution in [2.45, 2.75) is 38.6 Å². The second-order valence-electron chi connectivity index (χ2n) is 6.00. The Morgan fingerprint density at radius 3 is 2.44 bits per heavy atom. The highest BCUT2D eigenvalue weighted by atomic mass is 32.2. The first-order chi connectivity index (χ1) is 12.0. The van der Waals surface area contributed by atoms with E-state index in [4.69, 9.17) is 9.47 Å². The average Bonchev–Trinajstić information content (AvgIpc) is 3.08. The van der Waals surface area contributed by atoms with E-state index in [-0.39, 0.29) is 0 Å². The molecule has 1 atom stereocenters. The number of rotatable bonds is 9. The number of benzene rings is 1. The molecule has 2 N–H and O–H groups in total. The number of hydrogen-bond acceptors (Lipinski definition) is 5. The lowest BCUT2D eigenvalue weighted by atomic mass is 9.98. The van der Waals surface area contributed by atoms with Gasteiger partial charge in [0.15, 0.2) is 11.5 Å². The van der Waals surface area contributed by atoms with E-state index in [9.17, 15) is 14.7 Å². The summed E-state index contributed by atoms with van der Waals surface area (Å²) in [4.78, 5) is 24.2. The van der Waals surface area contributed by atoms with Crippen LogP contribution in [0.5, 0.6) is 11.5 Å². The van der Waals surface area contributed by atoms with Crippen LogP contribution in [-0.2, 0) is 4.79 Å². The summed E-state index contributed by atoms with van der Waals surface area (Å²) in [5.74, 6) is 0.806. The van der Waals surface area contributed by atoms with Gasteiger partial charge in [-0.05, 0) is 43.2 Å². The van der Waals surface area contributed by atoms with E-state index < -0.39 is 17.4 Å². The first-order valence-corrected chi connectivity index (χ1v) is 9.71. The predicted molar refractivity (Wildman–Crippen MR) is 97.8 cm³/mol. The van der Waals surface area contributed by atoms with Crippen LogP contribution < -0.4 is 14.8 Å². The summed E-state index contributed by atoms with van der Waals surface area (Å²) in [5.41, 5.74) is -0.823. The molecule has 1 fully saturated rings. The molecule has 0 bridgehead atoms. The standard InChI is InChI=1S/C18H25NO5S/c1-3-8-23-14-6-5-13(11-15(14)24-9-4-2)16(20)19-18(17(21)22)7-10-25-12-18/h5-6,11H,3-4,7-10,12H2,1-2H3,(H,19,20)(H,21,22). The average molecular weight is 367 g/mol. The number of nitrogens with one attached hydrogen (secondary N) is 1. The van der Waals surface area contributed by atoms with Crippen molar-refractivity contribution in [3.8, 4) is 11.5 Å². The molecule has 0 aromatic heterocycles. The molecule has 1 aliphatic rings. The molecule has 1 aromatic rings. The number of carbonyl (C=O) groups excluding carboxylic acids is 1. The fraction of sp³-hybridized carbons (Fsp3) is 0.556. The van der Waals surface area contributed by atoms with E-state index in [1.807, 2.05) is 13.8 Å². The molecule has 2 rings (SSSR count). The molecule has 1 aromatic carbocycles. The fourth-order valence-electron chi connectivity index (χ4n) is 2.48. The summed E-state index contributed by atoms with van der Waals surface area (Å²) >= 11 is 1.53. The van der Waals surface area contributed by atoms with Gasteiger partial charge in [-0.1, -0.05) is 13.8 Å². The van der Waals surface area contributed by atoms with Gasteiger partial charge < -0.3 is 19.9 Å². The van der Waals surface area contributed by atoms with Gasteiger partial charge in [-0.2, -0.15) is 11.8 Å². The Labute approximate surface area is 152 Å². The Morgan fingerprint density at radius 2 is 1.88 bits per heavy atom. The first kappa shape index (κ1) is 19.4. The summed E-state index contributed by atoms with van der Waals surface area (Å²) in [7, 11) is 0. The van der Waals surface area contributed by atoms with Gasteiger partial charge in [0, 0.05) is 11.3 Å². The number of hydrogen-bond donors (Lipinski definition) is 2. The minimum atomic E-state index is -1.19. The predicted octanol–water partition coefficient (Wildman–Crippen LogP) is 2.95. The highest BCUT2D eigenvalue weighted by molar-refractivity contribution is 7.99. The lowest BCUT2D eigenvalue weighted by molar-refractivity contribution is -0.143. The van der Waals surface area contributed by atoms with E-state index in [0.717, 1.165) is 18.6 Å². The van der Waals surface area contributed by atoms with Gasteiger partial charge in [0.05, 0.1) is 13.2 Å². The van der Waals surface area contributed by atoms with Crippen molar-refractivity contribution in [1.29, 1.82) is 0 Å². The van der Waals surface area contributed by atoms with Gasteiger partial charge in [0.1, 0.15) is 5.54 Å². The van der Waals surface area contributed by atoms with Crippen molar-refractivity contribution in [2.75, 3.05) is 24.7 Å². The quantitative estimate of drug-likeness (QED) is 0.698. The monoisotopic (exact) mass is 367 g/mol. The minimum Gasteiger partial charge on any atom is -0.490 e. The third kappa shape index (κ3) is 4.81. The summed E-state index contributed by atoms with van der Waals surface area (Å²) in [6.45, 7) is 5.09. The zero-order valence-electron chi connectivity index (χ0n) is 14.7. The lowest BCUT2D eigenvalue weighted by Crippen LogP contribution is -2.54. The van der Waals surface area contributed by atoms with E-state index in [0.29, 0.717) is 42.4 Å². The largest absolute Gasteiger partial charge is 0.490 e. The third-order valence-electron chi connectivity index (χ3n) is 3.91. The van der Waals surface area contributed by atoms with Gasteiger partial charge >= 0.3 is 5.97 Å². The normalized spacial score (nSPS) is 19.4. The lowest BCUT2D eigenvalue weighted by Gasteiger charge is -2.24. The maximum atomic E-state index is 12.6. The Bertz CT molecular complexity index is 613. The highest BCUT2D eigenvalue weighted by Gasteiger charge is 2.43. The second kappa shape index (κ2) is 8.99. The van der Waals surface area contributed by atoms with E-state index >= 15 is 0 Å². The van der Waals surface area contributed by atoms with Crippen molar-refractivity contribution in [1.82, 2.24) is 5.32 Å². The molecule has 0 saturated carbocycles. The number of aliphatic carboxylic acids is 1. The number of ether oxygens (including phenoxy) is 2. The molecule has 138 valence electrons. The molecule has 0 aliphatic carbocycles. The van der Waals surface area contributed by atoms with Gasteiger partial charge in [-0.15, -0.1) is 0 Å². The molecule has 1 aliphatic heterocycles. The third-order valence-corrected chi connectivity index (χ3v) is 5.10. The van der Waals surface area contributed by atoms with Crippen LogP contribution in [0.25, 0.3) is 0 Å². The summed E-state index contributed by atoms with van der Waals surface area (Å²) < 4.78 is 11.3. The van der Waals surface area contributed by atoms with Crippen molar-refractivity contribution < 1.29 is 24.2 Å². The van der Waals surface area contributed by atoms with E-state index in [2.05, 4.69) is 5.32 Å². The SMILES string of the molecule is CCCOc1ccc(C(=O)NC2(C(=O)O)CCSC2)cc1OCCC. The highest BCUT2D eigenvalue weighted by Crippen LogP contribution is 2.31. The number of carboxylic acid groups (broad SMARTS) is 1. The van der Waals surface area contributed by atoms with Crippen LogP contribution in [-0.4, -0.2) is 47.2 Å². The number of carbonyl (C=O) groups is 2. The second-order valence-corrected chi connectivity index (χ2v) is 7.11. The maximum Gasteiger partial charge on any atom is 0.330 e. The van der Waals surface area contributed by atoms with Crippen LogP contribution in [0.1, 0.15) is 43.5 Å². The Hall–Kier alpha value is -1.89. The van der Waals surface area contributed by atoms with Gasteiger partial charge in [0.25, 0.3) is 5.91 Å². The molecule has 1 saturated heterocycles. The molecule has 7 heteroatoms. The summed E-state index contributed by atoms with van der Waals surface area (Å²) in [6.07, 6.45) is 2.13. The number of carboxylic acids is 1. The maximum absolute atomic E-state index is 12.6. The summed E-state index contributed by atoms with van der Waals surface area (Å²) in [5, 5.41) is 12.2.